The smallest absolute Gasteiger partial charge is 0.377 e. The Bertz CT molecular complexity index is 275. The van der Waals surface area contributed by atoms with Gasteiger partial charge in [-0.25, -0.2) is 0 Å². The molecule has 0 aliphatic heterocycles. The van der Waals surface area contributed by atoms with Crippen LogP contribution in [0.4, 0.5) is 0 Å². The van der Waals surface area contributed by atoms with E-state index in [4.69, 9.17) is 0 Å². The van der Waals surface area contributed by atoms with Gasteiger partial charge in [0.15, 0.2) is 0 Å². The fourth-order valence-electron chi connectivity index (χ4n) is 2.09. The molecule has 0 heterocycles. The van der Waals surface area contributed by atoms with E-state index in [1.165, 1.54) is 36.8 Å². The van der Waals surface area contributed by atoms with Crippen LogP contribution in [0, 0.1) is 11.4 Å². The second-order valence-corrected chi connectivity index (χ2v) is 16.4. The van der Waals surface area contributed by atoms with Crippen molar-refractivity contribution in [1.29, 1.82) is 0 Å². The molecule has 0 bridgehead atoms. The average Bonchev–Trinajstić information content (AvgIpc) is 2.03. The normalized spacial score (nSPS) is 21.4. The van der Waals surface area contributed by atoms with Gasteiger partial charge < -0.3 is 22.5 Å². The molecule has 1 aliphatic carbocycles. The number of allylic oxidation sites excluding steroid dienone is 2. The average molecular weight is 264 g/mol. The molecule has 1 fully saturated rings. The number of hydrogen-bond donors (Lipinski definition) is 0. The van der Waals surface area contributed by atoms with Crippen LogP contribution in [-0.2, 0) is 0 Å². The molecule has 0 nitrogen and oxygen atoms in total. The Morgan fingerprint density at radius 1 is 0.667 bits per heavy atom. The second kappa shape index (κ2) is 8.41. The molecule has 0 saturated heterocycles. The Balaban J connectivity index is 0. The van der Waals surface area contributed by atoms with Gasteiger partial charge in [-0.1, -0.05) is 52.1 Å². The van der Waals surface area contributed by atoms with Crippen LogP contribution < -0.4 is 37.7 Å². The molecular formula is C14H26Li2Si2. The molecule has 1 saturated carbocycles. The van der Waals surface area contributed by atoms with Crippen molar-refractivity contribution < 1.29 is 37.7 Å². The molecule has 4 heteroatoms. The SMILES string of the molecule is C[Si](C)(C)[C-]=C1CCCCC1=[C-][Si](C)(C)C.[Li+].[Li+]. The van der Waals surface area contributed by atoms with Crippen molar-refractivity contribution in [3.8, 4) is 0 Å². The van der Waals surface area contributed by atoms with Gasteiger partial charge in [0, 0.05) is 0 Å². The summed E-state index contributed by atoms with van der Waals surface area (Å²) in [6.07, 6.45) is 5.20. The van der Waals surface area contributed by atoms with E-state index in [1.54, 1.807) is 0 Å². The molecule has 0 atom stereocenters. The van der Waals surface area contributed by atoms with E-state index in [9.17, 15) is 0 Å². The van der Waals surface area contributed by atoms with Crippen LogP contribution >= 0.6 is 0 Å². The maximum absolute atomic E-state index is 3.81. The van der Waals surface area contributed by atoms with Crippen LogP contribution in [-0.4, -0.2) is 16.1 Å². The van der Waals surface area contributed by atoms with E-state index in [2.05, 4.69) is 50.7 Å². The van der Waals surface area contributed by atoms with Gasteiger partial charge in [0.1, 0.15) is 0 Å². The summed E-state index contributed by atoms with van der Waals surface area (Å²) >= 11 is 0. The minimum Gasteiger partial charge on any atom is -0.377 e. The third kappa shape index (κ3) is 9.08. The zero-order valence-corrected chi connectivity index (χ0v) is 15.8. The van der Waals surface area contributed by atoms with Gasteiger partial charge in [-0.05, 0) is 16.1 Å². The monoisotopic (exact) mass is 264 g/mol. The van der Waals surface area contributed by atoms with Gasteiger partial charge in [0.2, 0.25) is 0 Å². The Morgan fingerprint density at radius 2 is 0.944 bits per heavy atom. The quantitative estimate of drug-likeness (QED) is 0.433. The van der Waals surface area contributed by atoms with Crippen molar-refractivity contribution in [3.63, 3.8) is 0 Å². The predicted molar refractivity (Wildman–Crippen MR) is 78.7 cm³/mol. The fourth-order valence-corrected chi connectivity index (χ4v) is 4.45. The van der Waals surface area contributed by atoms with Crippen LogP contribution in [0.15, 0.2) is 11.1 Å². The van der Waals surface area contributed by atoms with E-state index in [0.717, 1.165) is 0 Å². The first-order valence-corrected chi connectivity index (χ1v) is 13.5. The molecule has 0 N–H and O–H groups in total. The van der Waals surface area contributed by atoms with E-state index in [1.807, 2.05) is 0 Å². The Morgan fingerprint density at radius 3 is 1.17 bits per heavy atom. The number of rotatable bonds is 2. The molecule has 0 aromatic carbocycles. The minimum absolute atomic E-state index is 0. The molecule has 1 rings (SSSR count). The van der Waals surface area contributed by atoms with Crippen LogP contribution in [0.25, 0.3) is 0 Å². The summed E-state index contributed by atoms with van der Waals surface area (Å²) in [5.41, 5.74) is 10.7. The van der Waals surface area contributed by atoms with Crippen LogP contribution in [0.5, 0.6) is 0 Å². The van der Waals surface area contributed by atoms with E-state index in [0.29, 0.717) is 0 Å². The van der Waals surface area contributed by atoms with Gasteiger partial charge >= 0.3 is 37.7 Å². The van der Waals surface area contributed by atoms with Gasteiger partial charge in [-0.2, -0.15) is 0 Å². The third-order valence-electron chi connectivity index (χ3n) is 2.52. The minimum atomic E-state index is -1.19. The standard InChI is InChI=1S/C14H26Si2.2Li/c1-15(2,3)11-13-9-7-8-10-14(13)12-16(4,5)6;;/h7-10H2,1-6H3;;/q-2;2*+1. The van der Waals surface area contributed by atoms with Crippen LogP contribution in [0.1, 0.15) is 25.7 Å². The second-order valence-electron chi connectivity index (χ2n) is 6.91. The topological polar surface area (TPSA) is 0 Å². The van der Waals surface area contributed by atoms with Crippen molar-refractivity contribution in [1.82, 2.24) is 0 Å². The summed E-state index contributed by atoms with van der Waals surface area (Å²) in [4.78, 5) is 0. The van der Waals surface area contributed by atoms with Crippen molar-refractivity contribution in [2.45, 2.75) is 65.0 Å². The third-order valence-corrected chi connectivity index (χ3v) is 4.62. The van der Waals surface area contributed by atoms with Crippen molar-refractivity contribution in [2.75, 3.05) is 0 Å². The maximum atomic E-state index is 3.81. The summed E-state index contributed by atoms with van der Waals surface area (Å²) in [5.74, 6) is 0. The first kappa shape index (κ1) is 21.4. The van der Waals surface area contributed by atoms with E-state index in [-0.39, 0.29) is 37.7 Å². The first-order chi connectivity index (χ1) is 7.17. The van der Waals surface area contributed by atoms with E-state index >= 15 is 0 Å². The summed E-state index contributed by atoms with van der Waals surface area (Å²) in [5, 5.41) is 0. The zero-order chi connectivity index (χ0) is 12.4. The van der Waals surface area contributed by atoms with Crippen LogP contribution in [0.2, 0.25) is 39.3 Å². The zero-order valence-electron chi connectivity index (χ0n) is 13.8. The van der Waals surface area contributed by atoms with Crippen molar-refractivity contribution >= 4 is 16.1 Å². The van der Waals surface area contributed by atoms with Gasteiger partial charge in [-0.3, -0.25) is 0 Å². The fraction of sp³-hybridized carbons (Fsp3) is 0.714. The Labute approximate surface area is 140 Å². The van der Waals surface area contributed by atoms with Gasteiger partial charge in [0.25, 0.3) is 0 Å². The Kier molecular flexibility index (Phi) is 10.00. The number of hydrogen-bond acceptors (Lipinski definition) is 0. The Hall–Kier alpha value is 1.11. The molecule has 0 unspecified atom stereocenters. The van der Waals surface area contributed by atoms with Gasteiger partial charge in [-0.15, -0.1) is 12.8 Å². The predicted octanol–water partition coefficient (Wildman–Crippen LogP) is -1.22. The molecular weight excluding hydrogens is 238 g/mol. The molecule has 0 aromatic heterocycles. The largest absolute Gasteiger partial charge is 1.00 e. The molecule has 0 radical (unpaired) electrons. The summed E-state index contributed by atoms with van der Waals surface area (Å²) in [7, 11) is -2.39. The molecule has 1 aliphatic rings. The maximum Gasteiger partial charge on any atom is 1.00 e. The molecule has 0 aromatic rings. The van der Waals surface area contributed by atoms with E-state index < -0.39 is 16.1 Å². The first-order valence-electron chi connectivity index (χ1n) is 6.46. The molecule has 18 heavy (non-hydrogen) atoms. The summed E-state index contributed by atoms with van der Waals surface area (Å²) in [6.45, 7) is 14.3. The molecule has 92 valence electrons. The molecule has 0 amide bonds. The van der Waals surface area contributed by atoms with Crippen LogP contribution in [0.3, 0.4) is 0 Å². The molecule has 0 spiro atoms. The summed E-state index contributed by atoms with van der Waals surface area (Å²) in [6, 6.07) is 0. The van der Waals surface area contributed by atoms with Crippen molar-refractivity contribution in [3.05, 3.63) is 22.5 Å². The van der Waals surface area contributed by atoms with Crippen molar-refractivity contribution in [2.24, 2.45) is 0 Å². The summed E-state index contributed by atoms with van der Waals surface area (Å²) < 4.78 is 0. The van der Waals surface area contributed by atoms with Gasteiger partial charge in [0.05, 0.1) is 0 Å².